The molecule has 3 rings (SSSR count). The van der Waals surface area contributed by atoms with Crippen molar-refractivity contribution in [3.8, 4) is 5.75 Å². The summed E-state index contributed by atoms with van der Waals surface area (Å²) in [4.78, 5) is 2.55. The van der Waals surface area contributed by atoms with E-state index in [-0.39, 0.29) is 0 Å². The smallest absolute Gasteiger partial charge is 0.115 e. The summed E-state index contributed by atoms with van der Waals surface area (Å²) < 4.78 is 5.40. The van der Waals surface area contributed by atoms with Gasteiger partial charge in [-0.1, -0.05) is 6.07 Å². The van der Waals surface area contributed by atoms with Crippen LogP contribution in [0.3, 0.4) is 0 Å². The van der Waals surface area contributed by atoms with Crippen molar-refractivity contribution in [3.05, 3.63) is 29.3 Å². The maximum absolute atomic E-state index is 9.48. The number of benzene rings is 1. The van der Waals surface area contributed by atoms with Crippen molar-refractivity contribution in [2.45, 2.75) is 25.3 Å². The van der Waals surface area contributed by atoms with Gasteiger partial charge in [0.25, 0.3) is 0 Å². The Morgan fingerprint density at radius 2 is 2.00 bits per heavy atom. The number of phenols is 1. The molecule has 1 atom stereocenters. The van der Waals surface area contributed by atoms with Gasteiger partial charge in [0, 0.05) is 19.1 Å². The van der Waals surface area contributed by atoms with E-state index in [1.54, 1.807) is 6.07 Å². The maximum Gasteiger partial charge on any atom is 0.115 e. The molecule has 1 aromatic rings. The van der Waals surface area contributed by atoms with Crippen LogP contribution in [0, 0.1) is 0 Å². The molecule has 1 fully saturated rings. The third-order valence-corrected chi connectivity index (χ3v) is 3.95. The van der Waals surface area contributed by atoms with Gasteiger partial charge in [-0.25, -0.2) is 0 Å². The van der Waals surface area contributed by atoms with E-state index in [0.717, 1.165) is 39.1 Å². The van der Waals surface area contributed by atoms with Crippen LogP contribution >= 0.6 is 0 Å². The molecular formula is C14H19NO2. The van der Waals surface area contributed by atoms with Crippen LogP contribution in [0.15, 0.2) is 18.2 Å². The van der Waals surface area contributed by atoms with Crippen molar-refractivity contribution < 1.29 is 9.84 Å². The van der Waals surface area contributed by atoms with Gasteiger partial charge >= 0.3 is 0 Å². The van der Waals surface area contributed by atoms with E-state index in [1.807, 2.05) is 6.07 Å². The van der Waals surface area contributed by atoms with Gasteiger partial charge in [0.15, 0.2) is 0 Å². The topological polar surface area (TPSA) is 32.7 Å². The van der Waals surface area contributed by atoms with Crippen LogP contribution in [0.2, 0.25) is 0 Å². The number of phenolic OH excluding ortho intramolecular Hbond substituents is 1. The molecule has 0 spiro atoms. The summed E-state index contributed by atoms with van der Waals surface area (Å²) in [7, 11) is 0. The van der Waals surface area contributed by atoms with Crippen molar-refractivity contribution in [2.24, 2.45) is 0 Å². The summed E-state index contributed by atoms with van der Waals surface area (Å²) >= 11 is 0. The molecule has 0 bridgehead atoms. The van der Waals surface area contributed by atoms with E-state index >= 15 is 0 Å². The predicted octanol–water partition coefficient (Wildman–Crippen LogP) is 1.58. The number of nitrogens with zero attached hydrogens (tertiary/aromatic N) is 1. The second kappa shape index (κ2) is 4.67. The lowest BCUT2D eigenvalue weighted by atomic mass is 9.87. The Bertz CT molecular complexity index is 399. The third-order valence-electron chi connectivity index (χ3n) is 3.95. The summed E-state index contributed by atoms with van der Waals surface area (Å²) in [5, 5.41) is 9.48. The molecule has 1 N–H and O–H groups in total. The van der Waals surface area contributed by atoms with E-state index in [0.29, 0.717) is 11.8 Å². The van der Waals surface area contributed by atoms with Crippen molar-refractivity contribution >= 4 is 0 Å². The summed E-state index contributed by atoms with van der Waals surface area (Å²) in [5.41, 5.74) is 2.74. The molecule has 1 saturated heterocycles. The first kappa shape index (κ1) is 11.1. The van der Waals surface area contributed by atoms with E-state index in [1.165, 1.54) is 17.5 Å². The number of rotatable bonds is 1. The van der Waals surface area contributed by atoms with Crippen LogP contribution in [0.1, 0.15) is 17.5 Å². The lowest BCUT2D eigenvalue weighted by Gasteiger charge is -2.37. The Kier molecular flexibility index (Phi) is 3.04. The van der Waals surface area contributed by atoms with Crippen LogP contribution in [0.4, 0.5) is 0 Å². The summed E-state index contributed by atoms with van der Waals surface area (Å²) in [6, 6.07) is 6.47. The van der Waals surface area contributed by atoms with E-state index in [4.69, 9.17) is 4.74 Å². The Balaban J connectivity index is 1.73. The number of morpholine rings is 1. The first-order valence-electron chi connectivity index (χ1n) is 6.45. The van der Waals surface area contributed by atoms with Crippen molar-refractivity contribution in [1.29, 1.82) is 0 Å². The molecular weight excluding hydrogens is 214 g/mol. The van der Waals surface area contributed by atoms with Crippen LogP contribution in [-0.4, -0.2) is 42.4 Å². The van der Waals surface area contributed by atoms with Gasteiger partial charge in [0.05, 0.1) is 13.2 Å². The van der Waals surface area contributed by atoms with Crippen LogP contribution in [0.25, 0.3) is 0 Å². The second-order valence-electron chi connectivity index (χ2n) is 5.00. The number of fused-ring (bicyclic) bond motifs is 1. The average molecular weight is 233 g/mol. The van der Waals surface area contributed by atoms with Gasteiger partial charge < -0.3 is 9.84 Å². The van der Waals surface area contributed by atoms with Gasteiger partial charge in [0.2, 0.25) is 0 Å². The third kappa shape index (κ3) is 2.31. The van der Waals surface area contributed by atoms with Crippen LogP contribution in [0.5, 0.6) is 5.75 Å². The van der Waals surface area contributed by atoms with E-state index < -0.39 is 0 Å². The fourth-order valence-corrected chi connectivity index (χ4v) is 2.98. The molecule has 3 heteroatoms. The summed E-state index contributed by atoms with van der Waals surface area (Å²) in [5.74, 6) is 0.397. The molecule has 0 amide bonds. The molecule has 1 heterocycles. The fraction of sp³-hybridized carbons (Fsp3) is 0.571. The molecule has 1 aromatic carbocycles. The normalized spacial score (nSPS) is 25.5. The molecule has 2 aliphatic rings. The Morgan fingerprint density at radius 1 is 1.18 bits per heavy atom. The quantitative estimate of drug-likeness (QED) is 0.799. The molecule has 0 saturated carbocycles. The van der Waals surface area contributed by atoms with Gasteiger partial charge in [-0.2, -0.15) is 0 Å². The molecule has 0 aromatic heterocycles. The molecule has 1 aliphatic heterocycles. The zero-order valence-corrected chi connectivity index (χ0v) is 10.1. The van der Waals surface area contributed by atoms with Crippen molar-refractivity contribution in [1.82, 2.24) is 4.90 Å². The molecule has 1 aliphatic carbocycles. The average Bonchev–Trinajstić information content (AvgIpc) is 2.39. The first-order valence-corrected chi connectivity index (χ1v) is 6.45. The number of hydrogen-bond acceptors (Lipinski definition) is 3. The number of aromatic hydroxyl groups is 1. The highest BCUT2D eigenvalue weighted by molar-refractivity contribution is 5.37. The van der Waals surface area contributed by atoms with Gasteiger partial charge in [-0.05, 0) is 42.5 Å². The number of aryl methyl sites for hydroxylation is 1. The highest BCUT2D eigenvalue weighted by Crippen LogP contribution is 2.27. The lowest BCUT2D eigenvalue weighted by molar-refractivity contribution is 0.0137. The highest BCUT2D eigenvalue weighted by Gasteiger charge is 2.25. The minimum absolute atomic E-state index is 0.397. The van der Waals surface area contributed by atoms with Gasteiger partial charge in [-0.15, -0.1) is 0 Å². The number of ether oxygens (including phenoxy) is 1. The number of hydrogen-bond donors (Lipinski definition) is 1. The van der Waals surface area contributed by atoms with Crippen LogP contribution < -0.4 is 0 Å². The monoisotopic (exact) mass is 233 g/mol. The van der Waals surface area contributed by atoms with Crippen molar-refractivity contribution in [2.75, 3.05) is 26.3 Å². The summed E-state index contributed by atoms with van der Waals surface area (Å²) in [6.07, 6.45) is 3.41. The largest absolute Gasteiger partial charge is 0.508 e. The fourth-order valence-electron chi connectivity index (χ4n) is 2.98. The molecule has 1 unspecified atom stereocenters. The predicted molar refractivity (Wildman–Crippen MR) is 66.3 cm³/mol. The van der Waals surface area contributed by atoms with E-state index in [9.17, 15) is 5.11 Å². The molecule has 17 heavy (non-hydrogen) atoms. The zero-order chi connectivity index (χ0) is 11.7. The first-order chi connectivity index (χ1) is 8.33. The Hall–Kier alpha value is -1.06. The Morgan fingerprint density at radius 3 is 2.82 bits per heavy atom. The Labute approximate surface area is 102 Å². The van der Waals surface area contributed by atoms with Crippen LogP contribution in [-0.2, 0) is 17.6 Å². The van der Waals surface area contributed by atoms with Gasteiger partial charge in [0.1, 0.15) is 5.75 Å². The van der Waals surface area contributed by atoms with Gasteiger partial charge in [-0.3, -0.25) is 4.90 Å². The summed E-state index contributed by atoms with van der Waals surface area (Å²) in [6.45, 7) is 3.88. The van der Waals surface area contributed by atoms with E-state index in [2.05, 4.69) is 11.0 Å². The standard InChI is InChI=1S/C14H19NO2/c16-14-4-2-11-9-13(3-1-12(11)10-14)15-5-7-17-8-6-15/h2,4,10,13,16H,1,3,5-9H2. The van der Waals surface area contributed by atoms with Crippen molar-refractivity contribution in [3.63, 3.8) is 0 Å². The minimum atomic E-state index is 0.397. The molecule has 3 nitrogen and oxygen atoms in total. The molecule has 0 radical (unpaired) electrons. The SMILES string of the molecule is Oc1ccc2c(c1)CCC(N1CCOCC1)C2. The lowest BCUT2D eigenvalue weighted by Crippen LogP contribution is -2.45. The minimum Gasteiger partial charge on any atom is -0.508 e. The molecule has 92 valence electrons. The maximum atomic E-state index is 9.48. The zero-order valence-electron chi connectivity index (χ0n) is 10.1. The highest BCUT2D eigenvalue weighted by atomic mass is 16.5. The second-order valence-corrected chi connectivity index (χ2v) is 5.00.